The molecule has 0 N–H and O–H groups in total. The first kappa shape index (κ1) is 19.6. The molecule has 0 saturated carbocycles. The first-order valence-corrected chi connectivity index (χ1v) is 9.71. The molecule has 4 nitrogen and oxygen atoms in total. The van der Waals surface area contributed by atoms with Gasteiger partial charge in [0, 0.05) is 13.8 Å². The van der Waals surface area contributed by atoms with Crippen molar-refractivity contribution in [2.75, 3.05) is 0 Å². The Balaban J connectivity index is 2.49. The van der Waals surface area contributed by atoms with E-state index in [9.17, 15) is 9.59 Å². The van der Waals surface area contributed by atoms with Crippen molar-refractivity contribution >= 4 is 75.7 Å². The van der Waals surface area contributed by atoms with Gasteiger partial charge in [0.2, 0.25) is 0 Å². The number of halogens is 4. The third-order valence-electron chi connectivity index (χ3n) is 2.82. The van der Waals surface area contributed by atoms with Gasteiger partial charge in [-0.25, -0.2) is 0 Å². The van der Waals surface area contributed by atoms with Crippen molar-refractivity contribution in [1.29, 1.82) is 0 Å². The van der Waals surface area contributed by atoms with Crippen LogP contribution in [0.2, 0.25) is 0 Å². The van der Waals surface area contributed by atoms with Crippen LogP contribution in [-0.2, 0) is 9.59 Å². The summed E-state index contributed by atoms with van der Waals surface area (Å²) in [5, 5.41) is 0. The predicted octanol–water partition coefficient (Wildman–Crippen LogP) is 6.25. The van der Waals surface area contributed by atoms with E-state index in [1.165, 1.54) is 13.8 Å². The van der Waals surface area contributed by atoms with Crippen molar-refractivity contribution in [2.45, 2.75) is 13.8 Å². The van der Waals surface area contributed by atoms with Gasteiger partial charge >= 0.3 is 11.9 Å². The fourth-order valence-electron chi connectivity index (χ4n) is 1.94. The molecule has 0 heterocycles. The Kier molecular flexibility index (Phi) is 6.64. The third kappa shape index (κ3) is 4.68. The Morgan fingerprint density at radius 2 is 0.917 bits per heavy atom. The fraction of sp³-hybridized carbons (Fsp3) is 0.125. The zero-order valence-corrected chi connectivity index (χ0v) is 18.8. The molecule has 8 heteroatoms. The van der Waals surface area contributed by atoms with Gasteiger partial charge in [0.15, 0.2) is 11.5 Å². The summed E-state index contributed by atoms with van der Waals surface area (Å²) in [6.45, 7) is 2.68. The Bertz CT molecular complexity index is 717. The van der Waals surface area contributed by atoms with Crippen molar-refractivity contribution in [3.8, 4) is 22.6 Å². The number of hydrogen-bond donors (Lipinski definition) is 0. The van der Waals surface area contributed by atoms with Crippen LogP contribution >= 0.6 is 63.7 Å². The summed E-state index contributed by atoms with van der Waals surface area (Å²) in [4.78, 5) is 22.3. The summed E-state index contributed by atoms with van der Waals surface area (Å²) in [5.41, 5.74) is 1.75. The molecule has 0 aliphatic rings. The van der Waals surface area contributed by atoms with Gasteiger partial charge in [-0.1, -0.05) is 0 Å². The maximum absolute atomic E-state index is 11.2. The average molecular weight is 586 g/mol. The van der Waals surface area contributed by atoms with Gasteiger partial charge in [0.05, 0.1) is 17.9 Å². The molecule has 0 aliphatic carbocycles. The molecule has 24 heavy (non-hydrogen) atoms. The third-order valence-corrected chi connectivity index (χ3v) is 5.18. The summed E-state index contributed by atoms with van der Waals surface area (Å²) >= 11 is 13.6. The van der Waals surface area contributed by atoms with E-state index in [0.29, 0.717) is 29.4 Å². The topological polar surface area (TPSA) is 52.6 Å². The van der Waals surface area contributed by atoms with Gasteiger partial charge in [-0.2, -0.15) is 0 Å². The largest absolute Gasteiger partial charge is 0.424 e. The van der Waals surface area contributed by atoms with Crippen LogP contribution in [0.25, 0.3) is 11.1 Å². The van der Waals surface area contributed by atoms with E-state index in [0.717, 1.165) is 11.1 Å². The lowest BCUT2D eigenvalue weighted by molar-refractivity contribution is -0.132. The lowest BCUT2D eigenvalue weighted by atomic mass is 10.1. The van der Waals surface area contributed by atoms with Crippen LogP contribution in [0.5, 0.6) is 11.5 Å². The quantitative estimate of drug-likeness (QED) is 0.316. The molecule has 0 aliphatic heterocycles. The predicted molar refractivity (Wildman–Crippen MR) is 105 cm³/mol. The minimum atomic E-state index is -0.402. The molecule has 2 rings (SSSR count). The standard InChI is InChI=1S/C16H10Br4O4/c1-7(21)23-15-11(17)3-9(4-12(15)18)10-5-13(19)16(14(20)6-10)24-8(2)22/h3-6H,1-2H3. The van der Waals surface area contributed by atoms with E-state index in [-0.39, 0.29) is 0 Å². The highest BCUT2D eigenvalue weighted by Gasteiger charge is 2.15. The van der Waals surface area contributed by atoms with Crippen LogP contribution in [0, 0.1) is 0 Å². The normalized spacial score (nSPS) is 10.4. The zero-order chi connectivity index (χ0) is 18.0. The lowest BCUT2D eigenvalue weighted by Crippen LogP contribution is -2.03. The monoisotopic (exact) mass is 582 g/mol. The Hall–Kier alpha value is -0.700. The number of carbonyl (C=O) groups excluding carboxylic acids is 2. The van der Waals surface area contributed by atoms with Gasteiger partial charge in [0.25, 0.3) is 0 Å². The number of hydrogen-bond acceptors (Lipinski definition) is 4. The molecule has 0 radical (unpaired) electrons. The van der Waals surface area contributed by atoms with Gasteiger partial charge in [-0.15, -0.1) is 0 Å². The molecular formula is C16H10Br4O4. The molecule has 0 aromatic heterocycles. The second-order valence-electron chi connectivity index (χ2n) is 4.73. The number of ether oxygens (including phenoxy) is 2. The molecule has 0 bridgehead atoms. The number of rotatable bonds is 3. The van der Waals surface area contributed by atoms with E-state index in [4.69, 9.17) is 9.47 Å². The van der Waals surface area contributed by atoms with Crippen molar-refractivity contribution < 1.29 is 19.1 Å². The maximum Gasteiger partial charge on any atom is 0.308 e. The van der Waals surface area contributed by atoms with Crippen LogP contribution in [0.4, 0.5) is 0 Å². The summed E-state index contributed by atoms with van der Waals surface area (Å²) in [7, 11) is 0. The summed E-state index contributed by atoms with van der Waals surface area (Å²) < 4.78 is 12.9. The molecular weight excluding hydrogens is 576 g/mol. The van der Waals surface area contributed by atoms with Crippen molar-refractivity contribution in [3.05, 3.63) is 42.2 Å². The Morgan fingerprint density at radius 1 is 0.667 bits per heavy atom. The van der Waals surface area contributed by atoms with E-state index in [1.807, 2.05) is 24.3 Å². The highest BCUT2D eigenvalue weighted by molar-refractivity contribution is 9.11. The van der Waals surface area contributed by atoms with Gasteiger partial charge in [-0.05, 0) is 99.1 Å². The molecule has 0 fully saturated rings. The van der Waals surface area contributed by atoms with Gasteiger partial charge < -0.3 is 9.47 Å². The van der Waals surface area contributed by atoms with E-state index in [2.05, 4.69) is 63.7 Å². The molecule has 2 aromatic rings. The van der Waals surface area contributed by atoms with E-state index >= 15 is 0 Å². The second kappa shape index (κ2) is 8.12. The van der Waals surface area contributed by atoms with Crippen LogP contribution in [0.15, 0.2) is 42.2 Å². The van der Waals surface area contributed by atoms with Crippen molar-refractivity contribution in [3.63, 3.8) is 0 Å². The molecule has 0 unspecified atom stereocenters. The number of carbonyl (C=O) groups is 2. The van der Waals surface area contributed by atoms with E-state index in [1.54, 1.807) is 0 Å². The molecule has 0 saturated heterocycles. The van der Waals surface area contributed by atoms with Gasteiger partial charge in [-0.3, -0.25) is 9.59 Å². The van der Waals surface area contributed by atoms with Crippen LogP contribution in [-0.4, -0.2) is 11.9 Å². The molecule has 126 valence electrons. The highest BCUT2D eigenvalue weighted by Crippen LogP contribution is 2.42. The summed E-state index contributed by atoms with van der Waals surface area (Å²) in [6, 6.07) is 7.34. The van der Waals surface area contributed by atoms with Crippen molar-refractivity contribution in [2.24, 2.45) is 0 Å². The maximum atomic E-state index is 11.2. The Labute approximate surface area is 172 Å². The summed E-state index contributed by atoms with van der Waals surface area (Å²) in [5.74, 6) is 0.0302. The molecule has 0 amide bonds. The van der Waals surface area contributed by atoms with Crippen molar-refractivity contribution in [1.82, 2.24) is 0 Å². The molecule has 0 spiro atoms. The second-order valence-corrected chi connectivity index (χ2v) is 8.14. The number of benzene rings is 2. The highest BCUT2D eigenvalue weighted by atomic mass is 79.9. The molecule has 2 aromatic carbocycles. The average Bonchev–Trinajstić information content (AvgIpc) is 2.45. The fourth-order valence-corrected chi connectivity index (χ4v) is 4.63. The van der Waals surface area contributed by atoms with Crippen LogP contribution in [0.3, 0.4) is 0 Å². The minimum Gasteiger partial charge on any atom is -0.424 e. The SMILES string of the molecule is CC(=O)Oc1c(Br)cc(-c2cc(Br)c(OC(C)=O)c(Br)c2)cc1Br. The van der Waals surface area contributed by atoms with Gasteiger partial charge in [0.1, 0.15) is 0 Å². The zero-order valence-electron chi connectivity index (χ0n) is 12.5. The minimum absolute atomic E-state index is 0.402. The first-order valence-electron chi connectivity index (χ1n) is 6.54. The van der Waals surface area contributed by atoms with E-state index < -0.39 is 11.9 Å². The Morgan fingerprint density at radius 3 is 1.12 bits per heavy atom. The van der Waals surface area contributed by atoms with Crippen LogP contribution in [0.1, 0.15) is 13.8 Å². The molecule has 0 atom stereocenters. The number of esters is 2. The smallest absolute Gasteiger partial charge is 0.308 e. The first-order chi connectivity index (χ1) is 11.2. The lowest BCUT2D eigenvalue weighted by Gasteiger charge is -2.13. The van der Waals surface area contributed by atoms with Crippen LogP contribution < -0.4 is 9.47 Å². The summed E-state index contributed by atoms with van der Waals surface area (Å²) in [6.07, 6.45) is 0.